The Morgan fingerprint density at radius 3 is 2.88 bits per heavy atom. The number of aromatic carboxylic acids is 1. The first-order valence-corrected chi connectivity index (χ1v) is 5.91. The predicted octanol–water partition coefficient (Wildman–Crippen LogP) is 3.07. The summed E-state index contributed by atoms with van der Waals surface area (Å²) in [7, 11) is 0. The van der Waals surface area contributed by atoms with Crippen LogP contribution >= 0.6 is 22.9 Å². The highest BCUT2D eigenvalue weighted by Crippen LogP contribution is 2.25. The van der Waals surface area contributed by atoms with Crippen molar-refractivity contribution in [1.29, 1.82) is 0 Å². The minimum absolute atomic E-state index is 0.0581. The summed E-state index contributed by atoms with van der Waals surface area (Å²) in [6, 6.07) is 7.11. The Kier molecular flexibility index (Phi) is 3.61. The van der Waals surface area contributed by atoms with Crippen molar-refractivity contribution in [3.63, 3.8) is 0 Å². The SMILES string of the molecule is O=C(O)c1ncc(COc2ccccc2Cl)s1. The first kappa shape index (κ1) is 11.9. The number of halogens is 1. The second-order valence-electron chi connectivity index (χ2n) is 3.16. The van der Waals surface area contributed by atoms with E-state index in [2.05, 4.69) is 4.98 Å². The van der Waals surface area contributed by atoms with E-state index in [1.807, 2.05) is 12.1 Å². The smallest absolute Gasteiger partial charge is 0.365 e. The third-order valence-corrected chi connectivity index (χ3v) is 3.21. The van der Waals surface area contributed by atoms with Crippen molar-refractivity contribution < 1.29 is 14.6 Å². The molecule has 6 heteroatoms. The molecule has 0 radical (unpaired) electrons. The first-order chi connectivity index (χ1) is 8.16. The molecule has 0 aliphatic heterocycles. The zero-order valence-corrected chi connectivity index (χ0v) is 10.2. The molecule has 0 saturated heterocycles. The highest BCUT2D eigenvalue weighted by Gasteiger charge is 2.09. The summed E-state index contributed by atoms with van der Waals surface area (Å²) in [5, 5.41) is 9.30. The Morgan fingerprint density at radius 1 is 1.47 bits per heavy atom. The maximum Gasteiger partial charge on any atom is 0.365 e. The molecular weight excluding hydrogens is 262 g/mol. The van der Waals surface area contributed by atoms with Crippen molar-refractivity contribution in [1.82, 2.24) is 4.98 Å². The van der Waals surface area contributed by atoms with E-state index < -0.39 is 5.97 Å². The number of ether oxygens (including phenoxy) is 1. The molecule has 0 bridgehead atoms. The molecule has 1 heterocycles. The van der Waals surface area contributed by atoms with Crippen LogP contribution in [0.15, 0.2) is 30.5 Å². The summed E-state index contributed by atoms with van der Waals surface area (Å²) in [5.41, 5.74) is 0. The van der Waals surface area contributed by atoms with Gasteiger partial charge in [-0.15, -0.1) is 11.3 Å². The van der Waals surface area contributed by atoms with Crippen molar-refractivity contribution in [2.24, 2.45) is 0 Å². The van der Waals surface area contributed by atoms with Crippen molar-refractivity contribution in [2.45, 2.75) is 6.61 Å². The summed E-state index contributed by atoms with van der Waals surface area (Å²) in [4.78, 5) is 15.1. The second-order valence-corrected chi connectivity index (χ2v) is 4.68. The van der Waals surface area contributed by atoms with Gasteiger partial charge in [0.05, 0.1) is 9.90 Å². The molecule has 0 unspecified atom stereocenters. The van der Waals surface area contributed by atoms with Gasteiger partial charge in [0.2, 0.25) is 5.01 Å². The monoisotopic (exact) mass is 269 g/mol. The lowest BCUT2D eigenvalue weighted by molar-refractivity contribution is 0.0696. The van der Waals surface area contributed by atoms with E-state index in [9.17, 15) is 4.79 Å². The van der Waals surface area contributed by atoms with Crippen LogP contribution in [0.5, 0.6) is 5.75 Å². The fourth-order valence-corrected chi connectivity index (χ4v) is 2.04. The molecule has 17 heavy (non-hydrogen) atoms. The Balaban J connectivity index is 2.02. The Morgan fingerprint density at radius 2 is 2.24 bits per heavy atom. The number of hydrogen-bond donors (Lipinski definition) is 1. The van der Waals surface area contributed by atoms with Crippen LogP contribution < -0.4 is 4.74 Å². The fraction of sp³-hybridized carbons (Fsp3) is 0.0909. The molecule has 1 aromatic carbocycles. The number of nitrogens with zero attached hydrogens (tertiary/aromatic N) is 1. The van der Waals surface area contributed by atoms with Crippen molar-refractivity contribution in [2.75, 3.05) is 0 Å². The second kappa shape index (κ2) is 5.16. The van der Waals surface area contributed by atoms with Crippen LogP contribution in [0.4, 0.5) is 0 Å². The van der Waals surface area contributed by atoms with E-state index in [1.54, 1.807) is 12.1 Å². The molecule has 0 atom stereocenters. The third-order valence-electron chi connectivity index (χ3n) is 1.94. The van der Waals surface area contributed by atoms with Gasteiger partial charge in [-0.3, -0.25) is 0 Å². The van der Waals surface area contributed by atoms with E-state index >= 15 is 0 Å². The van der Waals surface area contributed by atoms with Gasteiger partial charge in [-0.25, -0.2) is 9.78 Å². The molecule has 0 aliphatic rings. The molecule has 2 rings (SSSR count). The average Bonchev–Trinajstić information content (AvgIpc) is 2.77. The summed E-state index contributed by atoms with van der Waals surface area (Å²) in [6.45, 7) is 0.259. The normalized spacial score (nSPS) is 10.2. The van der Waals surface area contributed by atoms with Crippen molar-refractivity contribution in [3.8, 4) is 5.75 Å². The molecule has 0 amide bonds. The van der Waals surface area contributed by atoms with Crippen LogP contribution in [0.3, 0.4) is 0 Å². The largest absolute Gasteiger partial charge is 0.486 e. The summed E-state index contributed by atoms with van der Waals surface area (Å²) >= 11 is 7.00. The van der Waals surface area contributed by atoms with Gasteiger partial charge in [0.1, 0.15) is 12.4 Å². The fourth-order valence-electron chi connectivity index (χ4n) is 1.18. The Labute approximate surface area is 106 Å². The van der Waals surface area contributed by atoms with Gasteiger partial charge in [0.25, 0.3) is 0 Å². The number of hydrogen-bond acceptors (Lipinski definition) is 4. The van der Waals surface area contributed by atoms with E-state index in [1.165, 1.54) is 6.20 Å². The molecule has 0 fully saturated rings. The van der Waals surface area contributed by atoms with Gasteiger partial charge in [-0.1, -0.05) is 23.7 Å². The van der Waals surface area contributed by atoms with Gasteiger partial charge < -0.3 is 9.84 Å². The van der Waals surface area contributed by atoms with Gasteiger partial charge in [0, 0.05) is 6.20 Å². The zero-order valence-electron chi connectivity index (χ0n) is 8.59. The Bertz CT molecular complexity index is 541. The van der Waals surface area contributed by atoms with Crippen molar-refractivity contribution in [3.05, 3.63) is 45.4 Å². The number of carboxylic acid groups (broad SMARTS) is 1. The van der Waals surface area contributed by atoms with Crippen LogP contribution in [0.2, 0.25) is 5.02 Å². The summed E-state index contributed by atoms with van der Waals surface area (Å²) in [5.74, 6) is -0.460. The lowest BCUT2D eigenvalue weighted by atomic mass is 10.3. The molecule has 4 nitrogen and oxygen atoms in total. The lowest BCUT2D eigenvalue weighted by Gasteiger charge is -2.05. The average molecular weight is 270 g/mol. The van der Waals surface area contributed by atoms with Crippen LogP contribution in [0, 0.1) is 0 Å². The van der Waals surface area contributed by atoms with Crippen molar-refractivity contribution >= 4 is 28.9 Å². The minimum atomic E-state index is -1.03. The number of benzene rings is 1. The quantitative estimate of drug-likeness (QED) is 0.927. The number of aromatic nitrogens is 1. The summed E-state index contributed by atoms with van der Waals surface area (Å²) < 4.78 is 5.46. The maximum absolute atomic E-state index is 10.6. The van der Waals surface area contributed by atoms with Gasteiger partial charge in [0.15, 0.2) is 0 Å². The topological polar surface area (TPSA) is 59.4 Å². The molecule has 1 N–H and O–H groups in total. The van der Waals surface area contributed by atoms with Gasteiger partial charge in [-0.05, 0) is 12.1 Å². The first-order valence-electron chi connectivity index (χ1n) is 4.72. The third kappa shape index (κ3) is 2.95. The molecule has 0 saturated carbocycles. The van der Waals surface area contributed by atoms with Gasteiger partial charge in [-0.2, -0.15) is 0 Å². The molecule has 0 aliphatic carbocycles. The molecular formula is C11H8ClNO3S. The lowest BCUT2D eigenvalue weighted by Crippen LogP contribution is -1.93. The Hall–Kier alpha value is -1.59. The standard InChI is InChI=1S/C11H8ClNO3S/c12-8-3-1-2-4-9(8)16-6-7-5-13-10(17-7)11(14)15/h1-5H,6H2,(H,14,15). The maximum atomic E-state index is 10.6. The molecule has 0 spiro atoms. The van der Waals surface area contributed by atoms with E-state index in [4.69, 9.17) is 21.4 Å². The van der Waals surface area contributed by atoms with E-state index in [0.717, 1.165) is 16.2 Å². The van der Waals surface area contributed by atoms with Crippen LogP contribution in [-0.2, 0) is 6.61 Å². The number of para-hydroxylation sites is 1. The number of carbonyl (C=O) groups is 1. The van der Waals surface area contributed by atoms with E-state index in [-0.39, 0.29) is 11.6 Å². The molecule has 1 aromatic heterocycles. The number of thiazole rings is 1. The highest BCUT2D eigenvalue weighted by molar-refractivity contribution is 7.13. The van der Waals surface area contributed by atoms with E-state index in [0.29, 0.717) is 10.8 Å². The van der Waals surface area contributed by atoms with Crippen LogP contribution in [0.1, 0.15) is 14.7 Å². The predicted molar refractivity (Wildman–Crippen MR) is 64.9 cm³/mol. The zero-order chi connectivity index (χ0) is 12.3. The number of carboxylic acids is 1. The molecule has 88 valence electrons. The number of rotatable bonds is 4. The summed E-state index contributed by atoms with van der Waals surface area (Å²) in [6.07, 6.45) is 1.49. The molecule has 2 aromatic rings. The van der Waals surface area contributed by atoms with Crippen LogP contribution in [0.25, 0.3) is 0 Å². The van der Waals surface area contributed by atoms with Crippen LogP contribution in [-0.4, -0.2) is 16.1 Å². The minimum Gasteiger partial charge on any atom is -0.486 e. The van der Waals surface area contributed by atoms with Gasteiger partial charge >= 0.3 is 5.97 Å². The highest BCUT2D eigenvalue weighted by atomic mass is 35.5.